The molecule has 7 heteroatoms. The summed E-state index contributed by atoms with van der Waals surface area (Å²) in [5, 5.41) is 8.19. The third-order valence-electron chi connectivity index (χ3n) is 4.13. The van der Waals surface area contributed by atoms with Gasteiger partial charge in [-0.1, -0.05) is 36.4 Å². The monoisotopic (exact) mass is 407 g/mol. The number of carbonyl (C=O) groups excluding carboxylic acids is 2. The molecule has 0 bridgehead atoms. The SMILES string of the molecule is O=C(COc1cccc(NC(=O)NCCc2ccc(F)cc2)c1)Nc1ccccc1. The van der Waals surface area contributed by atoms with Crippen molar-refractivity contribution in [1.82, 2.24) is 5.32 Å². The van der Waals surface area contributed by atoms with Crippen LogP contribution in [0.4, 0.5) is 20.6 Å². The number of ether oxygens (including phenoxy) is 1. The fraction of sp³-hybridized carbons (Fsp3) is 0.130. The van der Waals surface area contributed by atoms with E-state index in [2.05, 4.69) is 16.0 Å². The van der Waals surface area contributed by atoms with Crippen molar-refractivity contribution in [3.63, 3.8) is 0 Å². The Bertz CT molecular complexity index is 978. The van der Waals surface area contributed by atoms with Gasteiger partial charge in [-0.2, -0.15) is 0 Å². The molecule has 0 aliphatic rings. The molecule has 0 fully saturated rings. The maximum absolute atomic E-state index is 12.9. The van der Waals surface area contributed by atoms with Crippen molar-refractivity contribution in [3.05, 3.63) is 90.2 Å². The van der Waals surface area contributed by atoms with Gasteiger partial charge in [0.15, 0.2) is 6.61 Å². The summed E-state index contributed by atoms with van der Waals surface area (Å²) in [6.07, 6.45) is 0.591. The van der Waals surface area contributed by atoms with Gasteiger partial charge in [0, 0.05) is 24.0 Å². The molecule has 0 radical (unpaired) electrons. The van der Waals surface area contributed by atoms with Crippen molar-refractivity contribution in [2.75, 3.05) is 23.8 Å². The van der Waals surface area contributed by atoms with Crippen LogP contribution in [-0.4, -0.2) is 25.1 Å². The number of rotatable bonds is 8. The highest BCUT2D eigenvalue weighted by Crippen LogP contribution is 2.17. The van der Waals surface area contributed by atoms with Crippen LogP contribution in [0.25, 0.3) is 0 Å². The van der Waals surface area contributed by atoms with Gasteiger partial charge in [0.1, 0.15) is 11.6 Å². The van der Waals surface area contributed by atoms with Crippen molar-refractivity contribution in [3.8, 4) is 5.75 Å². The minimum Gasteiger partial charge on any atom is -0.484 e. The third kappa shape index (κ3) is 6.94. The van der Waals surface area contributed by atoms with Crippen molar-refractivity contribution in [2.45, 2.75) is 6.42 Å². The predicted octanol–water partition coefficient (Wildman–Crippen LogP) is 4.21. The van der Waals surface area contributed by atoms with Crippen LogP contribution in [-0.2, 0) is 11.2 Å². The number of hydrogen-bond donors (Lipinski definition) is 3. The van der Waals surface area contributed by atoms with Gasteiger partial charge >= 0.3 is 6.03 Å². The van der Waals surface area contributed by atoms with Crippen molar-refractivity contribution < 1.29 is 18.7 Å². The number of benzene rings is 3. The van der Waals surface area contributed by atoms with E-state index in [1.54, 1.807) is 48.5 Å². The van der Waals surface area contributed by atoms with Crippen LogP contribution < -0.4 is 20.7 Å². The minimum atomic E-state index is -0.365. The number of nitrogens with one attached hydrogen (secondary N) is 3. The van der Waals surface area contributed by atoms with Crippen LogP contribution >= 0.6 is 0 Å². The van der Waals surface area contributed by atoms with Crippen LogP contribution in [0.3, 0.4) is 0 Å². The molecule has 30 heavy (non-hydrogen) atoms. The lowest BCUT2D eigenvalue weighted by atomic mass is 10.1. The van der Waals surface area contributed by atoms with Crippen molar-refractivity contribution in [2.24, 2.45) is 0 Å². The second kappa shape index (κ2) is 10.6. The number of urea groups is 1. The fourth-order valence-corrected chi connectivity index (χ4v) is 2.68. The summed E-state index contributed by atoms with van der Waals surface area (Å²) in [5.74, 6) is -0.107. The number of carbonyl (C=O) groups is 2. The molecule has 0 aliphatic heterocycles. The van der Waals surface area contributed by atoms with E-state index in [9.17, 15) is 14.0 Å². The topological polar surface area (TPSA) is 79.5 Å². The summed E-state index contributed by atoms with van der Waals surface area (Å²) in [6, 6.07) is 21.7. The van der Waals surface area contributed by atoms with E-state index in [1.165, 1.54) is 12.1 Å². The maximum Gasteiger partial charge on any atom is 0.319 e. The Hall–Kier alpha value is -3.87. The molecule has 0 atom stereocenters. The molecule has 3 N–H and O–H groups in total. The number of anilines is 2. The Balaban J connectivity index is 1.42. The Morgan fingerprint density at radius 1 is 0.833 bits per heavy atom. The van der Waals surface area contributed by atoms with Gasteiger partial charge in [-0.05, 0) is 48.4 Å². The molecule has 0 aromatic heterocycles. The highest BCUT2D eigenvalue weighted by atomic mass is 19.1. The summed E-state index contributed by atoms with van der Waals surface area (Å²) < 4.78 is 18.4. The lowest BCUT2D eigenvalue weighted by Gasteiger charge is -2.10. The highest BCUT2D eigenvalue weighted by Gasteiger charge is 2.06. The van der Waals surface area contributed by atoms with Gasteiger partial charge in [0.25, 0.3) is 5.91 Å². The standard InChI is InChI=1S/C23H22FN3O3/c24-18-11-9-17(10-12-18)13-14-25-23(29)27-20-7-4-8-21(15-20)30-16-22(28)26-19-5-2-1-3-6-19/h1-12,15H,13-14,16H2,(H,26,28)(H2,25,27,29). The Morgan fingerprint density at radius 3 is 2.33 bits per heavy atom. The Kier molecular flexibility index (Phi) is 7.38. The molecule has 3 amide bonds. The zero-order chi connectivity index (χ0) is 21.2. The second-order valence-corrected chi connectivity index (χ2v) is 6.49. The molecule has 0 unspecified atom stereocenters. The highest BCUT2D eigenvalue weighted by molar-refractivity contribution is 5.92. The summed E-state index contributed by atoms with van der Waals surface area (Å²) in [5.41, 5.74) is 2.16. The van der Waals surface area contributed by atoms with Crippen LogP contribution in [0.2, 0.25) is 0 Å². The average molecular weight is 407 g/mol. The molecule has 0 spiro atoms. The van der Waals surface area contributed by atoms with E-state index in [1.807, 2.05) is 18.2 Å². The first kappa shape index (κ1) is 20.9. The normalized spacial score (nSPS) is 10.2. The van der Waals surface area contributed by atoms with E-state index in [0.717, 1.165) is 5.56 Å². The molecule has 3 rings (SSSR count). The largest absolute Gasteiger partial charge is 0.484 e. The van der Waals surface area contributed by atoms with Crippen LogP contribution in [0.5, 0.6) is 5.75 Å². The summed E-state index contributed by atoms with van der Waals surface area (Å²) in [6.45, 7) is 0.259. The zero-order valence-corrected chi connectivity index (χ0v) is 16.2. The molecular formula is C23H22FN3O3. The van der Waals surface area contributed by atoms with Gasteiger partial charge in [-0.3, -0.25) is 4.79 Å². The number of hydrogen-bond acceptors (Lipinski definition) is 3. The zero-order valence-electron chi connectivity index (χ0n) is 16.2. The summed E-state index contributed by atoms with van der Waals surface area (Å²) in [7, 11) is 0. The average Bonchev–Trinajstić information content (AvgIpc) is 2.75. The first-order valence-corrected chi connectivity index (χ1v) is 9.45. The molecule has 6 nitrogen and oxygen atoms in total. The van der Waals surface area contributed by atoms with Crippen LogP contribution in [0.15, 0.2) is 78.9 Å². The van der Waals surface area contributed by atoms with Gasteiger partial charge in [-0.15, -0.1) is 0 Å². The smallest absolute Gasteiger partial charge is 0.319 e. The van der Waals surface area contributed by atoms with E-state index in [0.29, 0.717) is 30.1 Å². The quantitative estimate of drug-likeness (QED) is 0.523. The number of para-hydroxylation sites is 1. The third-order valence-corrected chi connectivity index (χ3v) is 4.13. The lowest BCUT2D eigenvalue weighted by molar-refractivity contribution is -0.118. The number of halogens is 1. The Morgan fingerprint density at radius 2 is 1.57 bits per heavy atom. The van der Waals surface area contributed by atoms with Gasteiger partial charge in [-0.25, -0.2) is 9.18 Å². The first-order chi connectivity index (χ1) is 14.6. The number of amides is 3. The van der Waals surface area contributed by atoms with E-state index >= 15 is 0 Å². The van der Waals surface area contributed by atoms with Crippen molar-refractivity contribution in [1.29, 1.82) is 0 Å². The fourth-order valence-electron chi connectivity index (χ4n) is 2.68. The lowest BCUT2D eigenvalue weighted by Crippen LogP contribution is -2.30. The molecule has 3 aromatic rings. The second-order valence-electron chi connectivity index (χ2n) is 6.49. The summed E-state index contributed by atoms with van der Waals surface area (Å²) >= 11 is 0. The molecule has 0 saturated heterocycles. The molecular weight excluding hydrogens is 385 g/mol. The minimum absolute atomic E-state index is 0.151. The van der Waals surface area contributed by atoms with Crippen LogP contribution in [0, 0.1) is 5.82 Å². The van der Waals surface area contributed by atoms with Gasteiger partial charge in [0.2, 0.25) is 0 Å². The van der Waals surface area contributed by atoms with E-state index < -0.39 is 0 Å². The predicted molar refractivity (Wildman–Crippen MR) is 114 cm³/mol. The van der Waals surface area contributed by atoms with Gasteiger partial charge in [0.05, 0.1) is 0 Å². The Labute approximate surface area is 174 Å². The maximum atomic E-state index is 12.9. The molecule has 154 valence electrons. The van der Waals surface area contributed by atoms with Crippen LogP contribution in [0.1, 0.15) is 5.56 Å². The molecule has 0 saturated carbocycles. The molecule has 0 aliphatic carbocycles. The van der Waals surface area contributed by atoms with E-state index in [-0.39, 0.29) is 24.4 Å². The molecule has 3 aromatic carbocycles. The van der Waals surface area contributed by atoms with E-state index in [4.69, 9.17) is 4.74 Å². The van der Waals surface area contributed by atoms with Gasteiger partial charge < -0.3 is 20.7 Å². The van der Waals surface area contributed by atoms with Crippen molar-refractivity contribution >= 4 is 23.3 Å². The first-order valence-electron chi connectivity index (χ1n) is 9.45. The summed E-state index contributed by atoms with van der Waals surface area (Å²) in [4.78, 5) is 24.0. The molecule has 0 heterocycles.